The number of urea groups is 1. The van der Waals surface area contributed by atoms with E-state index in [-0.39, 0.29) is 31.0 Å². The topological polar surface area (TPSA) is 162 Å². The van der Waals surface area contributed by atoms with Gasteiger partial charge in [-0.15, -0.1) is 0 Å². The molecule has 13 heteroatoms. The summed E-state index contributed by atoms with van der Waals surface area (Å²) < 4.78 is 20.4. The van der Waals surface area contributed by atoms with Gasteiger partial charge in [0, 0.05) is 12.6 Å². The first-order valence-corrected chi connectivity index (χ1v) is 12.4. The molecule has 4 heterocycles. The molecule has 1 aromatic carbocycles. The van der Waals surface area contributed by atoms with E-state index < -0.39 is 36.8 Å². The van der Waals surface area contributed by atoms with E-state index in [1.165, 1.54) is 6.33 Å². The predicted octanol–water partition coefficient (Wildman–Crippen LogP) is 1.51. The molecule has 198 valence electrons. The van der Waals surface area contributed by atoms with Gasteiger partial charge in [0.2, 0.25) is 0 Å². The Kier molecular flexibility index (Phi) is 6.72. The summed E-state index contributed by atoms with van der Waals surface area (Å²) in [5.74, 6) is -0.681. The number of hydrogen-bond donors (Lipinski definition) is 4. The summed E-state index contributed by atoms with van der Waals surface area (Å²) in [6, 6.07) is 9.65. The molecular weight excluding hydrogens is 494 g/mol. The van der Waals surface area contributed by atoms with E-state index in [0.717, 1.165) is 18.4 Å². The zero-order valence-electron chi connectivity index (χ0n) is 20.3. The molecule has 4 unspecified atom stereocenters. The van der Waals surface area contributed by atoms with Crippen LogP contribution in [0.5, 0.6) is 0 Å². The molecule has 4 N–H and O–H groups in total. The molecule has 0 radical (unpaired) electrons. The number of carboxylic acids is 1. The minimum atomic E-state index is -0.966. The molecule has 6 rings (SSSR count). The Labute approximate surface area is 217 Å². The Bertz CT molecular complexity index is 1340. The van der Waals surface area contributed by atoms with Crippen LogP contribution in [0.2, 0.25) is 0 Å². The van der Waals surface area contributed by atoms with E-state index in [0.29, 0.717) is 11.2 Å². The Morgan fingerprint density at radius 1 is 1.08 bits per heavy atom. The molecule has 2 amide bonds. The fraction of sp³-hybridized carbons (Fsp3) is 0.400. The van der Waals surface area contributed by atoms with Crippen LogP contribution in [-0.4, -0.2) is 80.4 Å². The lowest BCUT2D eigenvalue weighted by atomic mass is 10.1. The highest BCUT2D eigenvalue weighted by atomic mass is 16.8. The maximum Gasteiger partial charge on any atom is 0.320 e. The van der Waals surface area contributed by atoms with Crippen molar-refractivity contribution in [3.05, 3.63) is 54.6 Å². The average Bonchev–Trinajstić information content (AvgIpc) is 3.31. The monoisotopic (exact) mass is 521 g/mol. The molecular formula is C25H27N7O6. The highest BCUT2D eigenvalue weighted by Crippen LogP contribution is 2.40. The quantitative estimate of drug-likeness (QED) is 0.325. The third-order valence-corrected chi connectivity index (χ3v) is 6.51. The lowest BCUT2D eigenvalue weighted by Gasteiger charge is -2.20. The zero-order valence-corrected chi connectivity index (χ0v) is 20.3. The van der Waals surface area contributed by atoms with Crippen molar-refractivity contribution in [2.45, 2.75) is 49.7 Å². The number of aliphatic carboxylic acids is 1. The van der Waals surface area contributed by atoms with E-state index >= 15 is 0 Å². The molecule has 0 bridgehead atoms. The fourth-order valence-corrected chi connectivity index (χ4v) is 4.60. The molecule has 13 nitrogen and oxygen atoms in total. The van der Waals surface area contributed by atoms with Crippen molar-refractivity contribution in [3.63, 3.8) is 0 Å². The van der Waals surface area contributed by atoms with E-state index in [2.05, 4.69) is 30.9 Å². The van der Waals surface area contributed by atoms with Gasteiger partial charge in [0.25, 0.3) is 0 Å². The van der Waals surface area contributed by atoms with Gasteiger partial charge >= 0.3 is 12.0 Å². The van der Waals surface area contributed by atoms with Crippen LogP contribution in [0.25, 0.3) is 17.2 Å². The summed E-state index contributed by atoms with van der Waals surface area (Å²) in [4.78, 5) is 36.3. The second-order valence-electron chi connectivity index (χ2n) is 9.35. The van der Waals surface area contributed by atoms with Gasteiger partial charge in [-0.3, -0.25) is 14.7 Å². The van der Waals surface area contributed by atoms with E-state index in [9.17, 15) is 9.59 Å². The number of benzene rings is 1. The number of ether oxygens (including phenoxy) is 3. The van der Waals surface area contributed by atoms with Crippen molar-refractivity contribution in [1.82, 2.24) is 30.2 Å². The van der Waals surface area contributed by atoms with Gasteiger partial charge < -0.3 is 30.0 Å². The lowest BCUT2D eigenvalue weighted by Crippen LogP contribution is -2.38. The third kappa shape index (κ3) is 5.22. The minimum Gasteiger partial charge on any atom is -0.480 e. The first kappa shape index (κ1) is 24.4. The largest absolute Gasteiger partial charge is 0.480 e. The summed E-state index contributed by atoms with van der Waals surface area (Å²) in [5.41, 5.74) is 1.87. The molecule has 5 atom stereocenters. The second-order valence-corrected chi connectivity index (χ2v) is 9.35. The minimum absolute atomic E-state index is 0.198. The Morgan fingerprint density at radius 2 is 1.89 bits per heavy atom. The normalized spacial score (nSPS) is 26.6. The number of aromatic nitrogens is 4. The number of anilines is 1. The summed E-state index contributed by atoms with van der Waals surface area (Å²) in [6.07, 6.45) is 5.87. The Morgan fingerprint density at radius 3 is 2.68 bits per heavy atom. The van der Waals surface area contributed by atoms with E-state index in [4.69, 9.17) is 19.3 Å². The van der Waals surface area contributed by atoms with Crippen LogP contribution in [0.1, 0.15) is 24.6 Å². The number of hydrogen-bond acceptors (Lipinski definition) is 9. The van der Waals surface area contributed by atoms with Crippen molar-refractivity contribution in [1.29, 1.82) is 0 Å². The fourth-order valence-electron chi connectivity index (χ4n) is 4.60. The lowest BCUT2D eigenvalue weighted by molar-refractivity contribution is -0.137. The van der Waals surface area contributed by atoms with Gasteiger partial charge in [0.15, 0.2) is 29.5 Å². The smallest absolute Gasteiger partial charge is 0.320 e. The van der Waals surface area contributed by atoms with Gasteiger partial charge in [-0.25, -0.2) is 19.7 Å². The standard InChI is InChI=1S/C25H27N7O6/c33-17(34)11-26-10-16-20-21(38-18(37-20)9-6-14-4-2-1-3-5-14)24(36-16)32-13-29-19-22(27-12-28-23(19)32)31-25(35)30-15-7-8-15/h1-6,9,12-13,15-16,18,20-21,24,26H,7-8,10-11H2,(H,33,34)(H2,27,28,30,31,35)/t16?,18-,20?,21?,24?/m0/s1. The molecule has 0 spiro atoms. The molecule has 2 saturated heterocycles. The first-order valence-electron chi connectivity index (χ1n) is 12.4. The molecule has 3 aliphatic rings. The number of rotatable bonds is 9. The number of carbonyl (C=O) groups excluding carboxylic acids is 1. The zero-order chi connectivity index (χ0) is 26.1. The summed E-state index contributed by atoms with van der Waals surface area (Å²) in [6.45, 7) is 0.0392. The van der Waals surface area contributed by atoms with Gasteiger partial charge in [-0.2, -0.15) is 0 Å². The SMILES string of the molecule is O=C(O)CNCC1OC(n2cnc3c(NC(=O)NC4CC4)ncnc32)C2O[C@@H](C=Cc3ccccc3)OC12. The average molecular weight is 522 g/mol. The van der Waals surface area contributed by atoms with Gasteiger partial charge in [-0.05, 0) is 24.5 Å². The van der Waals surface area contributed by atoms with Crippen LogP contribution in [0.3, 0.4) is 0 Å². The van der Waals surface area contributed by atoms with Crippen LogP contribution >= 0.6 is 0 Å². The van der Waals surface area contributed by atoms with Crippen LogP contribution in [0.15, 0.2) is 49.1 Å². The number of nitrogens with one attached hydrogen (secondary N) is 3. The first-order chi connectivity index (χ1) is 18.5. The number of fused-ring (bicyclic) bond motifs is 2. The second kappa shape index (κ2) is 10.5. The molecule has 1 saturated carbocycles. The molecule has 2 aromatic heterocycles. The summed E-state index contributed by atoms with van der Waals surface area (Å²) in [5, 5.41) is 17.5. The molecule has 3 fully saturated rings. The van der Waals surface area contributed by atoms with Crippen LogP contribution < -0.4 is 16.0 Å². The maximum atomic E-state index is 12.3. The van der Waals surface area contributed by atoms with E-state index in [1.54, 1.807) is 10.9 Å². The van der Waals surface area contributed by atoms with Gasteiger partial charge in [0.05, 0.1) is 12.9 Å². The van der Waals surface area contributed by atoms with Crippen LogP contribution in [0, 0.1) is 0 Å². The number of carboxylic acid groups (broad SMARTS) is 1. The van der Waals surface area contributed by atoms with Crippen molar-refractivity contribution >= 4 is 35.1 Å². The van der Waals surface area contributed by atoms with Crippen LogP contribution in [0.4, 0.5) is 10.6 Å². The molecule has 38 heavy (non-hydrogen) atoms. The van der Waals surface area contributed by atoms with Crippen molar-refractivity contribution in [2.75, 3.05) is 18.4 Å². The Hall–Kier alpha value is -3.91. The summed E-state index contributed by atoms with van der Waals surface area (Å²) >= 11 is 0. The molecule has 1 aliphatic carbocycles. The highest BCUT2D eigenvalue weighted by molar-refractivity contribution is 5.96. The third-order valence-electron chi connectivity index (χ3n) is 6.51. The van der Waals surface area contributed by atoms with E-state index in [1.807, 2.05) is 42.5 Å². The Balaban J connectivity index is 1.23. The number of carbonyl (C=O) groups is 2. The van der Waals surface area contributed by atoms with Crippen LogP contribution in [-0.2, 0) is 19.0 Å². The highest BCUT2D eigenvalue weighted by Gasteiger charge is 2.53. The van der Waals surface area contributed by atoms with Gasteiger partial charge in [-0.1, -0.05) is 36.4 Å². The van der Waals surface area contributed by atoms with Crippen molar-refractivity contribution in [3.8, 4) is 0 Å². The van der Waals surface area contributed by atoms with Crippen molar-refractivity contribution in [2.24, 2.45) is 0 Å². The summed E-state index contributed by atoms with van der Waals surface area (Å²) in [7, 11) is 0. The maximum absolute atomic E-state index is 12.3. The number of amides is 2. The van der Waals surface area contributed by atoms with Crippen molar-refractivity contribution < 1.29 is 28.9 Å². The van der Waals surface area contributed by atoms with Gasteiger partial charge in [0.1, 0.15) is 24.6 Å². The number of nitrogens with zero attached hydrogens (tertiary/aromatic N) is 4. The molecule has 2 aliphatic heterocycles. The predicted molar refractivity (Wildman–Crippen MR) is 134 cm³/mol. The number of imidazole rings is 1. The molecule has 3 aromatic rings.